The Morgan fingerprint density at radius 2 is 0.680 bits per heavy atom. The number of hydrogen-bond donors (Lipinski definition) is 3. The summed E-state index contributed by atoms with van der Waals surface area (Å²) in [5.41, 5.74) is 0. The topological polar surface area (TPSA) is 95.9 Å². The number of hydrogen-bond acceptors (Lipinski definition) is 5. The summed E-state index contributed by atoms with van der Waals surface area (Å²) >= 11 is 0. The second kappa shape index (κ2) is 64.3. The fraction of sp³-hybridized carbons (Fsp3) is 0.855. The maximum Gasteiger partial charge on any atom is 0.305 e. The minimum Gasteiger partial charge on any atom is -0.466 e. The molecule has 1 amide bonds. The van der Waals surface area contributed by atoms with Crippen LogP contribution in [-0.4, -0.2) is 47.4 Å². The number of amides is 1. The third-order valence-corrected chi connectivity index (χ3v) is 15.3. The number of unbranched alkanes of at least 4 members (excludes halogenated alkanes) is 45. The number of nitrogens with one attached hydrogen (secondary N) is 1. The van der Waals surface area contributed by atoms with E-state index >= 15 is 0 Å². The average molecular weight is 1050 g/mol. The van der Waals surface area contributed by atoms with Crippen molar-refractivity contribution in [2.45, 2.75) is 366 Å². The van der Waals surface area contributed by atoms with Crippen LogP contribution in [0.15, 0.2) is 48.6 Å². The van der Waals surface area contributed by atoms with Gasteiger partial charge in [0, 0.05) is 12.8 Å². The van der Waals surface area contributed by atoms with Crippen LogP contribution in [0.2, 0.25) is 0 Å². The minimum absolute atomic E-state index is 0.00169. The Kier molecular flexibility index (Phi) is 62.5. The van der Waals surface area contributed by atoms with Gasteiger partial charge in [-0.25, -0.2) is 0 Å². The zero-order valence-corrected chi connectivity index (χ0v) is 50.3. The number of aliphatic hydroxyl groups is 2. The van der Waals surface area contributed by atoms with Gasteiger partial charge >= 0.3 is 5.97 Å². The molecule has 2 unspecified atom stereocenters. The van der Waals surface area contributed by atoms with Crippen LogP contribution in [0.25, 0.3) is 0 Å². The van der Waals surface area contributed by atoms with Gasteiger partial charge in [-0.1, -0.05) is 306 Å². The molecule has 0 fully saturated rings. The molecule has 0 aromatic heterocycles. The monoisotopic (exact) mass is 1050 g/mol. The molecule has 0 bridgehead atoms. The molecule has 75 heavy (non-hydrogen) atoms. The highest BCUT2D eigenvalue weighted by molar-refractivity contribution is 5.76. The Morgan fingerprint density at radius 1 is 0.373 bits per heavy atom. The Balaban J connectivity index is 3.43. The summed E-state index contributed by atoms with van der Waals surface area (Å²) in [6.07, 6.45) is 83.1. The van der Waals surface area contributed by atoms with Crippen molar-refractivity contribution in [2.75, 3.05) is 13.2 Å². The normalized spacial score (nSPS) is 12.9. The molecule has 440 valence electrons. The van der Waals surface area contributed by atoms with E-state index in [0.29, 0.717) is 19.4 Å². The summed E-state index contributed by atoms with van der Waals surface area (Å²) in [6.45, 7) is 4.88. The molecular formula is C69H129NO5. The van der Waals surface area contributed by atoms with Gasteiger partial charge in [0.2, 0.25) is 5.91 Å². The predicted octanol–water partition coefficient (Wildman–Crippen LogP) is 21.3. The van der Waals surface area contributed by atoms with Gasteiger partial charge in [-0.3, -0.25) is 9.59 Å². The van der Waals surface area contributed by atoms with Crippen LogP contribution < -0.4 is 5.32 Å². The number of allylic oxidation sites excluding steroid dienone is 7. The SMILES string of the molecule is CCCC/C=C\C/C=C\CCCCCCCC(=O)OCCCCCCCCCCCCCC/C=C\CCCCCCCCCCCC(=O)NC(CO)C(O)/C=C/CCCCCCCCCCCCCCCCCCC. The molecule has 0 saturated carbocycles. The highest BCUT2D eigenvalue weighted by Crippen LogP contribution is 2.17. The van der Waals surface area contributed by atoms with Crippen LogP contribution >= 0.6 is 0 Å². The molecule has 0 aliphatic carbocycles. The van der Waals surface area contributed by atoms with Gasteiger partial charge in [0.25, 0.3) is 0 Å². The summed E-state index contributed by atoms with van der Waals surface area (Å²) in [5, 5.41) is 23.2. The van der Waals surface area contributed by atoms with Crippen molar-refractivity contribution in [3.63, 3.8) is 0 Å². The average Bonchev–Trinajstić information content (AvgIpc) is 3.41. The largest absolute Gasteiger partial charge is 0.466 e. The third kappa shape index (κ3) is 60.9. The predicted molar refractivity (Wildman–Crippen MR) is 329 cm³/mol. The van der Waals surface area contributed by atoms with E-state index in [9.17, 15) is 19.8 Å². The Hall–Kier alpha value is -2.18. The first-order valence-electron chi connectivity index (χ1n) is 33.4. The van der Waals surface area contributed by atoms with Crippen molar-refractivity contribution >= 4 is 11.9 Å². The molecule has 3 N–H and O–H groups in total. The lowest BCUT2D eigenvalue weighted by Gasteiger charge is -2.20. The van der Waals surface area contributed by atoms with Crippen molar-refractivity contribution in [1.82, 2.24) is 5.32 Å². The summed E-state index contributed by atoms with van der Waals surface area (Å²) in [6, 6.07) is -0.632. The van der Waals surface area contributed by atoms with Gasteiger partial charge in [0.05, 0.1) is 25.4 Å². The van der Waals surface area contributed by atoms with Gasteiger partial charge in [-0.15, -0.1) is 0 Å². The number of carbonyl (C=O) groups excluding carboxylic acids is 2. The summed E-state index contributed by atoms with van der Waals surface area (Å²) < 4.78 is 5.48. The number of carbonyl (C=O) groups is 2. The zero-order chi connectivity index (χ0) is 54.3. The zero-order valence-electron chi connectivity index (χ0n) is 50.3. The van der Waals surface area contributed by atoms with Gasteiger partial charge in [-0.2, -0.15) is 0 Å². The number of ether oxygens (including phenoxy) is 1. The standard InChI is InChI=1S/C69H129NO5/c1-3-5-7-9-11-13-15-17-19-20-28-31-34-37-41-45-49-53-57-61-67(72)66(65-71)70-68(73)62-58-54-50-46-42-38-35-32-29-26-24-22-21-23-25-27-30-33-36-40-44-48-52-56-60-64-75-69(74)63-59-55-51-47-43-39-18-16-14-12-10-8-6-4-2/h10,12,16,18,22,24,57,61,66-67,71-72H,3-9,11,13-15,17,19-21,23,25-56,58-60,62-65H2,1-2H3,(H,70,73)/b12-10-,18-16-,24-22-,61-57+. The first-order valence-corrected chi connectivity index (χ1v) is 33.4. The van der Waals surface area contributed by atoms with E-state index < -0.39 is 12.1 Å². The highest BCUT2D eigenvalue weighted by atomic mass is 16.5. The van der Waals surface area contributed by atoms with Crippen molar-refractivity contribution in [3.05, 3.63) is 48.6 Å². The molecule has 0 aromatic carbocycles. The molecule has 6 nitrogen and oxygen atoms in total. The molecule has 0 heterocycles. The molecule has 0 radical (unpaired) electrons. The molecule has 6 heteroatoms. The Labute approximate surface area is 467 Å². The van der Waals surface area contributed by atoms with E-state index in [4.69, 9.17) is 4.74 Å². The molecule has 0 spiro atoms. The van der Waals surface area contributed by atoms with E-state index in [2.05, 4.69) is 55.6 Å². The van der Waals surface area contributed by atoms with Gasteiger partial charge in [0.1, 0.15) is 0 Å². The van der Waals surface area contributed by atoms with E-state index in [0.717, 1.165) is 51.4 Å². The Morgan fingerprint density at radius 3 is 1.07 bits per heavy atom. The first kappa shape index (κ1) is 72.8. The van der Waals surface area contributed by atoms with E-state index in [1.54, 1.807) is 6.08 Å². The molecule has 0 aliphatic heterocycles. The lowest BCUT2D eigenvalue weighted by Crippen LogP contribution is -2.45. The van der Waals surface area contributed by atoms with Crippen LogP contribution in [0.5, 0.6) is 0 Å². The molecule has 0 rings (SSSR count). The highest BCUT2D eigenvalue weighted by Gasteiger charge is 2.18. The maximum absolute atomic E-state index is 12.5. The summed E-state index contributed by atoms with van der Waals surface area (Å²) in [5.74, 6) is -0.0706. The van der Waals surface area contributed by atoms with E-state index in [1.807, 2.05) is 6.08 Å². The van der Waals surface area contributed by atoms with Crippen LogP contribution in [0.3, 0.4) is 0 Å². The number of esters is 1. The van der Waals surface area contributed by atoms with Crippen molar-refractivity contribution in [2.24, 2.45) is 0 Å². The van der Waals surface area contributed by atoms with Crippen LogP contribution in [0, 0.1) is 0 Å². The second-order valence-corrected chi connectivity index (χ2v) is 22.8. The van der Waals surface area contributed by atoms with E-state index in [-0.39, 0.29) is 18.5 Å². The molecule has 0 aromatic rings. The van der Waals surface area contributed by atoms with Crippen molar-refractivity contribution in [1.29, 1.82) is 0 Å². The third-order valence-electron chi connectivity index (χ3n) is 15.3. The summed E-state index contributed by atoms with van der Waals surface area (Å²) in [7, 11) is 0. The maximum atomic E-state index is 12.5. The molecule has 2 atom stereocenters. The fourth-order valence-electron chi connectivity index (χ4n) is 10.2. The fourth-order valence-corrected chi connectivity index (χ4v) is 10.2. The minimum atomic E-state index is -0.848. The van der Waals surface area contributed by atoms with Crippen molar-refractivity contribution < 1.29 is 24.5 Å². The van der Waals surface area contributed by atoms with Gasteiger partial charge < -0.3 is 20.3 Å². The van der Waals surface area contributed by atoms with Gasteiger partial charge in [-0.05, 0) is 83.5 Å². The molecular weight excluding hydrogens is 923 g/mol. The number of aliphatic hydroxyl groups excluding tert-OH is 2. The Bertz CT molecular complexity index is 1260. The quantitative estimate of drug-likeness (QED) is 0.0320. The van der Waals surface area contributed by atoms with Crippen LogP contribution in [-0.2, 0) is 14.3 Å². The summed E-state index contributed by atoms with van der Waals surface area (Å²) in [4.78, 5) is 24.5. The van der Waals surface area contributed by atoms with Crippen molar-refractivity contribution in [3.8, 4) is 0 Å². The van der Waals surface area contributed by atoms with Crippen LogP contribution in [0.4, 0.5) is 0 Å². The lowest BCUT2D eigenvalue weighted by molar-refractivity contribution is -0.143. The molecule has 0 saturated heterocycles. The van der Waals surface area contributed by atoms with E-state index in [1.165, 1.54) is 276 Å². The molecule has 0 aliphatic rings. The second-order valence-electron chi connectivity index (χ2n) is 22.8. The van der Waals surface area contributed by atoms with Gasteiger partial charge in [0.15, 0.2) is 0 Å². The number of rotatable bonds is 62. The smallest absolute Gasteiger partial charge is 0.305 e. The lowest BCUT2D eigenvalue weighted by atomic mass is 10.0. The van der Waals surface area contributed by atoms with Crippen LogP contribution in [0.1, 0.15) is 354 Å². The first-order chi connectivity index (χ1) is 37.0.